The van der Waals surface area contributed by atoms with Gasteiger partial charge in [0.15, 0.2) is 0 Å². The molecule has 0 saturated heterocycles. The number of nitrogens with zero attached hydrogens (tertiary/aromatic N) is 1. The van der Waals surface area contributed by atoms with E-state index in [9.17, 15) is 4.79 Å². The smallest absolute Gasteiger partial charge is 0.316 e. The first-order chi connectivity index (χ1) is 9.45. The van der Waals surface area contributed by atoms with Gasteiger partial charge in [0.05, 0.1) is 0 Å². The van der Waals surface area contributed by atoms with Crippen LogP contribution in [0.4, 0.5) is 4.79 Å². The number of carbonyl (C=O) groups is 1. The Morgan fingerprint density at radius 2 is 1.55 bits per heavy atom. The highest BCUT2D eigenvalue weighted by atomic mass is 16.2. The van der Waals surface area contributed by atoms with Crippen molar-refractivity contribution in [1.82, 2.24) is 10.2 Å². The molecule has 0 aliphatic heterocycles. The van der Waals surface area contributed by atoms with Crippen molar-refractivity contribution in [3.8, 4) is 0 Å². The third kappa shape index (κ3) is 4.72. The number of benzene rings is 1. The maximum absolute atomic E-state index is 10.6. The fraction of sp³-hybridized carbons (Fsp3) is 0.471. The van der Waals surface area contributed by atoms with Crippen LogP contribution in [0, 0.1) is 0 Å². The lowest BCUT2D eigenvalue weighted by atomic mass is 9.88. The molecular weight excluding hydrogens is 248 g/mol. The fourth-order valence-corrected chi connectivity index (χ4v) is 2.08. The van der Waals surface area contributed by atoms with E-state index in [0.29, 0.717) is 6.54 Å². The van der Waals surface area contributed by atoms with Crippen molar-refractivity contribution in [1.29, 1.82) is 0 Å². The summed E-state index contributed by atoms with van der Waals surface area (Å²) in [4.78, 5) is 12.1. The molecule has 0 spiro atoms. The van der Waals surface area contributed by atoms with E-state index >= 15 is 0 Å². The zero-order valence-corrected chi connectivity index (χ0v) is 13.3. The normalized spacial score (nSPS) is 13.1. The molecule has 1 aromatic carbocycles. The zero-order chi connectivity index (χ0) is 15.1. The van der Waals surface area contributed by atoms with E-state index in [0.717, 1.165) is 12.8 Å². The Kier molecular flexibility index (Phi) is 6.29. The lowest BCUT2D eigenvalue weighted by Gasteiger charge is -2.18. The molecule has 0 fully saturated rings. The van der Waals surface area contributed by atoms with Crippen LogP contribution in [0.1, 0.15) is 31.9 Å². The van der Waals surface area contributed by atoms with Gasteiger partial charge in [-0.1, -0.05) is 35.4 Å². The second-order valence-corrected chi connectivity index (χ2v) is 5.41. The molecule has 0 bridgehead atoms. The topological polar surface area (TPSA) is 32.3 Å². The van der Waals surface area contributed by atoms with E-state index in [1.807, 2.05) is 6.92 Å². The lowest BCUT2D eigenvalue weighted by Crippen LogP contribution is -2.34. The summed E-state index contributed by atoms with van der Waals surface area (Å²) in [5, 5.41) is 2.63. The fourth-order valence-electron chi connectivity index (χ4n) is 2.08. The Balaban J connectivity index is 0.000000221. The minimum atomic E-state index is -0.0347. The quantitative estimate of drug-likeness (QED) is 0.782. The molecule has 3 heteroatoms. The van der Waals surface area contributed by atoms with E-state index in [-0.39, 0.29) is 6.03 Å². The summed E-state index contributed by atoms with van der Waals surface area (Å²) < 4.78 is 0. The van der Waals surface area contributed by atoms with Crippen molar-refractivity contribution in [2.75, 3.05) is 20.6 Å². The third-order valence-electron chi connectivity index (χ3n) is 3.49. The summed E-state index contributed by atoms with van der Waals surface area (Å²) in [6.45, 7) is 7.06. The largest absolute Gasteiger partial charge is 0.338 e. The molecule has 0 unspecified atom stereocenters. The Morgan fingerprint density at radius 1 is 1.10 bits per heavy atom. The van der Waals surface area contributed by atoms with Gasteiger partial charge in [-0.05, 0) is 44.7 Å². The van der Waals surface area contributed by atoms with Gasteiger partial charge >= 0.3 is 6.03 Å². The minimum Gasteiger partial charge on any atom is -0.338 e. The van der Waals surface area contributed by atoms with E-state index < -0.39 is 0 Å². The molecule has 110 valence electrons. The summed E-state index contributed by atoms with van der Waals surface area (Å²) in [6.07, 6.45) is 2.31. The molecule has 2 amide bonds. The van der Waals surface area contributed by atoms with Crippen molar-refractivity contribution in [3.63, 3.8) is 0 Å². The van der Waals surface area contributed by atoms with E-state index in [4.69, 9.17) is 0 Å². The molecule has 1 N–H and O–H groups in total. The molecule has 0 atom stereocenters. The number of allylic oxidation sites excluding steroid dienone is 2. The van der Waals surface area contributed by atoms with E-state index in [1.54, 1.807) is 25.2 Å². The highest BCUT2D eigenvalue weighted by Gasteiger charge is 2.10. The lowest BCUT2D eigenvalue weighted by molar-refractivity contribution is 0.218. The van der Waals surface area contributed by atoms with Gasteiger partial charge in [-0.25, -0.2) is 4.79 Å². The molecule has 0 aromatic heterocycles. The number of nitrogens with one attached hydrogen (secondary N) is 1. The molecule has 0 saturated carbocycles. The van der Waals surface area contributed by atoms with Crippen molar-refractivity contribution >= 4 is 6.03 Å². The van der Waals surface area contributed by atoms with E-state index in [1.165, 1.54) is 16.0 Å². The number of carbonyl (C=O) groups excluding carboxylic acids is 1. The third-order valence-corrected chi connectivity index (χ3v) is 3.49. The molecule has 3 nitrogen and oxygen atoms in total. The van der Waals surface area contributed by atoms with Gasteiger partial charge in [-0.2, -0.15) is 0 Å². The van der Waals surface area contributed by atoms with E-state index in [2.05, 4.69) is 43.4 Å². The number of urea groups is 1. The molecule has 1 aromatic rings. The van der Waals surface area contributed by atoms with Crippen LogP contribution in [-0.2, 0) is 12.8 Å². The van der Waals surface area contributed by atoms with Crippen LogP contribution >= 0.6 is 0 Å². The number of amides is 2. The van der Waals surface area contributed by atoms with Crippen molar-refractivity contribution < 1.29 is 4.79 Å². The Bertz CT molecular complexity index is 457. The molecule has 20 heavy (non-hydrogen) atoms. The zero-order valence-electron chi connectivity index (χ0n) is 13.3. The predicted octanol–water partition coefficient (Wildman–Crippen LogP) is 3.40. The van der Waals surface area contributed by atoms with Crippen LogP contribution < -0.4 is 5.32 Å². The van der Waals surface area contributed by atoms with Gasteiger partial charge in [0, 0.05) is 20.6 Å². The summed E-state index contributed by atoms with van der Waals surface area (Å²) in [7, 11) is 3.43. The molecule has 0 heterocycles. The van der Waals surface area contributed by atoms with Crippen molar-refractivity contribution in [3.05, 3.63) is 46.5 Å². The first-order valence-electron chi connectivity index (χ1n) is 7.12. The Hall–Kier alpha value is -1.77. The summed E-state index contributed by atoms with van der Waals surface area (Å²) in [5.74, 6) is 0. The first kappa shape index (κ1) is 16.3. The van der Waals surface area contributed by atoms with Gasteiger partial charge in [-0.3, -0.25) is 0 Å². The van der Waals surface area contributed by atoms with Crippen LogP contribution in [0.3, 0.4) is 0 Å². The van der Waals surface area contributed by atoms with Crippen LogP contribution in [0.15, 0.2) is 35.4 Å². The number of hydrogen-bond donors (Lipinski definition) is 1. The molecule has 0 radical (unpaired) electrons. The average molecular weight is 274 g/mol. The summed E-state index contributed by atoms with van der Waals surface area (Å²) >= 11 is 0. The second kappa shape index (κ2) is 7.73. The Morgan fingerprint density at radius 3 is 1.85 bits per heavy atom. The predicted molar refractivity (Wildman–Crippen MR) is 85.0 cm³/mol. The molecule has 1 aliphatic carbocycles. The maximum atomic E-state index is 10.6. The average Bonchev–Trinajstić information content (AvgIpc) is 2.41. The van der Waals surface area contributed by atoms with Crippen LogP contribution in [0.5, 0.6) is 0 Å². The summed E-state index contributed by atoms with van der Waals surface area (Å²) in [6, 6.07) is 8.71. The molecule has 1 aliphatic rings. The highest BCUT2D eigenvalue weighted by Crippen LogP contribution is 2.24. The first-order valence-corrected chi connectivity index (χ1v) is 7.12. The van der Waals surface area contributed by atoms with Crippen LogP contribution in [0.2, 0.25) is 0 Å². The standard InChI is InChI=1S/C12H14.C5H12N2O/c1-9-7-11-5-3-4-6-12(11)8-10(9)2;1-4-6-5(8)7(2)3/h3-6H,7-8H2,1-2H3;4H2,1-3H3,(H,6,8). The summed E-state index contributed by atoms with van der Waals surface area (Å²) in [5.41, 5.74) is 6.13. The molecular formula is C17H26N2O. The highest BCUT2D eigenvalue weighted by molar-refractivity contribution is 5.73. The SMILES string of the molecule is CC1=C(C)Cc2ccccc2C1.CCNC(=O)N(C)C. The maximum Gasteiger partial charge on any atom is 0.316 e. The van der Waals surface area contributed by atoms with Gasteiger partial charge in [0.2, 0.25) is 0 Å². The van der Waals surface area contributed by atoms with Crippen molar-refractivity contribution in [2.24, 2.45) is 0 Å². The monoisotopic (exact) mass is 274 g/mol. The Labute approximate surface area is 122 Å². The van der Waals surface area contributed by atoms with Gasteiger partial charge in [0.25, 0.3) is 0 Å². The van der Waals surface area contributed by atoms with Crippen LogP contribution in [-0.4, -0.2) is 31.6 Å². The second-order valence-electron chi connectivity index (χ2n) is 5.41. The van der Waals surface area contributed by atoms with Crippen molar-refractivity contribution in [2.45, 2.75) is 33.6 Å². The van der Waals surface area contributed by atoms with Gasteiger partial charge < -0.3 is 10.2 Å². The minimum absolute atomic E-state index is 0.0347. The molecule has 2 rings (SSSR count). The number of rotatable bonds is 1. The number of fused-ring (bicyclic) bond motifs is 1. The van der Waals surface area contributed by atoms with Gasteiger partial charge in [0.1, 0.15) is 0 Å². The van der Waals surface area contributed by atoms with Gasteiger partial charge in [-0.15, -0.1) is 0 Å². The number of hydrogen-bond acceptors (Lipinski definition) is 1. The van der Waals surface area contributed by atoms with Crippen LogP contribution in [0.25, 0.3) is 0 Å².